The summed E-state index contributed by atoms with van der Waals surface area (Å²) < 4.78 is 42.5. The summed E-state index contributed by atoms with van der Waals surface area (Å²) in [4.78, 5) is 18.2. The molecule has 9 nitrogen and oxygen atoms in total. The minimum Gasteiger partial charge on any atom is -0.473 e. The van der Waals surface area contributed by atoms with Crippen molar-refractivity contribution in [2.75, 3.05) is 56.8 Å². The highest BCUT2D eigenvalue weighted by Crippen LogP contribution is 2.33. The van der Waals surface area contributed by atoms with Gasteiger partial charge in [-0.2, -0.15) is 0 Å². The molecule has 11 heteroatoms. The third-order valence-corrected chi connectivity index (χ3v) is 5.67. The number of morpholine rings is 1. The van der Waals surface area contributed by atoms with Crippen LogP contribution >= 0.6 is 0 Å². The van der Waals surface area contributed by atoms with E-state index in [1.165, 1.54) is 6.08 Å². The van der Waals surface area contributed by atoms with Gasteiger partial charge in [-0.3, -0.25) is 9.79 Å². The maximum atomic E-state index is 13.1. The van der Waals surface area contributed by atoms with Crippen molar-refractivity contribution in [2.45, 2.75) is 20.3 Å². The summed E-state index contributed by atoms with van der Waals surface area (Å²) >= 11 is 0. The van der Waals surface area contributed by atoms with Crippen molar-refractivity contribution in [1.82, 2.24) is 10.2 Å². The lowest BCUT2D eigenvalue weighted by Gasteiger charge is -2.29. The molecule has 1 N–H and O–H groups in total. The topological polar surface area (TPSA) is 98.2 Å². The van der Waals surface area contributed by atoms with E-state index in [0.29, 0.717) is 56.8 Å². The molecule has 0 unspecified atom stereocenters. The molecule has 3 rings (SSSR count). The highest BCUT2D eigenvalue weighted by Gasteiger charge is 2.20. The Hall–Kier alpha value is -3.70. The van der Waals surface area contributed by atoms with Gasteiger partial charge in [0.2, 0.25) is 0 Å². The Morgan fingerprint density at radius 1 is 1.27 bits per heavy atom. The Labute approximate surface area is 214 Å². The van der Waals surface area contributed by atoms with Crippen molar-refractivity contribution in [1.29, 1.82) is 0 Å². The van der Waals surface area contributed by atoms with Gasteiger partial charge in [-0.1, -0.05) is 12.1 Å². The molecule has 1 aromatic carbocycles. The van der Waals surface area contributed by atoms with E-state index in [0.717, 1.165) is 22.9 Å². The highest BCUT2D eigenvalue weighted by atomic mass is 19.3. The van der Waals surface area contributed by atoms with E-state index in [1.807, 2.05) is 19.1 Å². The van der Waals surface area contributed by atoms with Crippen molar-refractivity contribution >= 4 is 24.0 Å². The van der Waals surface area contributed by atoms with Crippen LogP contribution in [0.5, 0.6) is 5.88 Å². The van der Waals surface area contributed by atoms with Crippen LogP contribution in [0, 0.1) is 6.92 Å². The summed E-state index contributed by atoms with van der Waals surface area (Å²) in [6.45, 7) is 9.93. The fourth-order valence-corrected chi connectivity index (χ4v) is 3.65. The molecular formula is C26H31F2N5O4. The molecule has 1 amide bonds. The van der Waals surface area contributed by atoms with E-state index in [1.54, 1.807) is 26.2 Å². The van der Waals surface area contributed by atoms with E-state index >= 15 is 0 Å². The Morgan fingerprint density at radius 3 is 2.68 bits per heavy atom. The molecule has 1 fully saturated rings. The predicted octanol–water partition coefficient (Wildman–Crippen LogP) is 4.05. The summed E-state index contributed by atoms with van der Waals surface area (Å²) in [5, 5.41) is 11.5. The lowest BCUT2D eigenvalue weighted by Crippen LogP contribution is -2.36. The number of hydrogen-bond donors (Lipinski definition) is 1. The number of aryl methyl sites for hydroxylation is 1. The van der Waals surface area contributed by atoms with E-state index in [2.05, 4.69) is 32.1 Å². The molecule has 37 heavy (non-hydrogen) atoms. The summed E-state index contributed by atoms with van der Waals surface area (Å²) in [5.41, 5.74) is 2.98. The van der Waals surface area contributed by atoms with Gasteiger partial charge in [-0.15, -0.1) is 10.2 Å². The normalized spacial score (nSPS) is 14.6. The van der Waals surface area contributed by atoms with Crippen LogP contribution in [0.25, 0.3) is 11.3 Å². The van der Waals surface area contributed by atoms with Gasteiger partial charge in [-0.05, 0) is 50.4 Å². The van der Waals surface area contributed by atoms with Crippen LogP contribution in [0.4, 0.5) is 20.2 Å². The first-order valence-corrected chi connectivity index (χ1v) is 11.7. The van der Waals surface area contributed by atoms with Gasteiger partial charge < -0.3 is 24.4 Å². The van der Waals surface area contributed by atoms with Crippen molar-refractivity contribution in [3.8, 4) is 17.1 Å². The number of aliphatic imine (C=N–C) groups is 1. The number of halogens is 2. The van der Waals surface area contributed by atoms with Crippen LogP contribution < -0.4 is 15.0 Å². The number of ether oxygens (including phenoxy) is 3. The van der Waals surface area contributed by atoms with Crippen molar-refractivity contribution < 1.29 is 27.8 Å². The summed E-state index contributed by atoms with van der Waals surface area (Å²) in [6.07, 6.45) is -0.392. The van der Waals surface area contributed by atoms with E-state index in [9.17, 15) is 13.6 Å². The second-order valence-corrected chi connectivity index (χ2v) is 8.12. The Morgan fingerprint density at radius 2 is 2.03 bits per heavy atom. The number of anilines is 2. The number of rotatable bonds is 11. The number of carbonyl (C=O) groups excluding carboxylic acids is 1. The monoisotopic (exact) mass is 515 g/mol. The van der Waals surface area contributed by atoms with Crippen LogP contribution in [0.15, 0.2) is 52.7 Å². The lowest BCUT2D eigenvalue weighted by molar-refractivity contribution is -0.112. The highest BCUT2D eigenvalue weighted by molar-refractivity contribution is 6.06. The second kappa shape index (κ2) is 13.6. The average Bonchev–Trinajstić information content (AvgIpc) is 2.91. The molecule has 1 aromatic heterocycles. The first-order chi connectivity index (χ1) is 17.9. The number of nitrogens with zero attached hydrogens (tertiary/aromatic N) is 4. The molecule has 1 aliphatic rings. The largest absolute Gasteiger partial charge is 0.473 e. The quantitative estimate of drug-likeness (QED) is 0.209. The lowest BCUT2D eigenvalue weighted by atomic mass is 10.0. The standard InChI is InChI=1S/C26H31F2N5O4/c1-5-18(14-22(29-3)24(27)28)25(34)30-19-7-6-17(2)20(15-19)21-16-23(33-8-10-36-11-9-33)26(32-31-21)37-13-12-35-4/h5-7,14-16,24H,3,8-13H2,1-2,4H3,(H,30,34)/b18-5+,22-14-. The molecule has 0 atom stereocenters. The Kier molecular flexibility index (Phi) is 10.2. The minimum absolute atomic E-state index is 0.0387. The summed E-state index contributed by atoms with van der Waals surface area (Å²) in [5.74, 6) is -0.152. The zero-order valence-electron chi connectivity index (χ0n) is 21.2. The van der Waals surface area contributed by atoms with Crippen molar-refractivity contribution in [3.63, 3.8) is 0 Å². The summed E-state index contributed by atoms with van der Waals surface area (Å²) in [6, 6.07) is 7.23. The fourth-order valence-electron chi connectivity index (χ4n) is 3.65. The molecule has 0 radical (unpaired) electrons. The molecular weight excluding hydrogens is 484 g/mol. The maximum Gasteiger partial charge on any atom is 0.280 e. The number of benzene rings is 1. The zero-order valence-corrected chi connectivity index (χ0v) is 21.2. The number of allylic oxidation sites excluding steroid dienone is 2. The molecule has 1 aliphatic heterocycles. The molecule has 2 aromatic rings. The SMILES string of the molecule is C=N/C(=C\C(=C/C)C(=O)Nc1ccc(C)c(-c2cc(N3CCOCC3)c(OCCOC)nn2)c1)C(F)F. The predicted molar refractivity (Wildman–Crippen MR) is 139 cm³/mol. The Bertz CT molecular complexity index is 1160. The maximum absolute atomic E-state index is 13.1. The molecule has 1 saturated heterocycles. The molecule has 0 spiro atoms. The van der Waals surface area contributed by atoms with E-state index in [-0.39, 0.29) is 5.57 Å². The molecule has 198 valence electrons. The number of alkyl halides is 2. The van der Waals surface area contributed by atoms with Gasteiger partial charge in [0.15, 0.2) is 0 Å². The van der Waals surface area contributed by atoms with Gasteiger partial charge in [0.25, 0.3) is 18.2 Å². The number of aromatic nitrogens is 2. The van der Waals surface area contributed by atoms with Gasteiger partial charge in [0, 0.05) is 37.0 Å². The minimum atomic E-state index is -2.84. The number of methoxy groups -OCH3 is 1. The Balaban J connectivity index is 1.91. The number of nitrogens with one attached hydrogen (secondary N) is 1. The van der Waals surface area contributed by atoms with Gasteiger partial charge in [-0.25, -0.2) is 8.78 Å². The van der Waals surface area contributed by atoms with Crippen LogP contribution in [0.3, 0.4) is 0 Å². The van der Waals surface area contributed by atoms with Crippen LogP contribution in [-0.2, 0) is 14.3 Å². The van der Waals surface area contributed by atoms with E-state index in [4.69, 9.17) is 14.2 Å². The van der Waals surface area contributed by atoms with Crippen LogP contribution in [0.2, 0.25) is 0 Å². The molecule has 0 aliphatic carbocycles. The average molecular weight is 516 g/mol. The molecule has 0 saturated carbocycles. The molecule has 2 heterocycles. The third kappa shape index (κ3) is 7.40. The van der Waals surface area contributed by atoms with Crippen LogP contribution in [-0.4, -0.2) is 75.9 Å². The number of carbonyl (C=O) groups is 1. The van der Waals surface area contributed by atoms with E-state index < -0.39 is 18.0 Å². The third-order valence-electron chi connectivity index (χ3n) is 5.67. The number of hydrogen-bond acceptors (Lipinski definition) is 8. The van der Waals surface area contributed by atoms with Gasteiger partial charge in [0.05, 0.1) is 25.5 Å². The first-order valence-electron chi connectivity index (χ1n) is 11.7. The first kappa shape index (κ1) is 27.9. The molecule has 0 bridgehead atoms. The zero-order chi connectivity index (χ0) is 26.8. The fraction of sp³-hybridized carbons (Fsp3) is 0.385. The van der Waals surface area contributed by atoms with Crippen LogP contribution in [0.1, 0.15) is 12.5 Å². The van der Waals surface area contributed by atoms with Gasteiger partial charge in [0.1, 0.15) is 18.0 Å². The van der Waals surface area contributed by atoms with Gasteiger partial charge >= 0.3 is 0 Å². The number of amides is 1. The summed E-state index contributed by atoms with van der Waals surface area (Å²) in [7, 11) is 1.60. The second-order valence-electron chi connectivity index (χ2n) is 8.12. The van der Waals surface area contributed by atoms with Crippen molar-refractivity contribution in [3.05, 3.63) is 53.3 Å². The van der Waals surface area contributed by atoms with Crippen molar-refractivity contribution in [2.24, 2.45) is 4.99 Å². The smallest absolute Gasteiger partial charge is 0.280 e.